The Hall–Kier alpha value is -2.19. The van der Waals surface area contributed by atoms with Crippen LogP contribution in [-0.2, 0) is 16.0 Å². The first-order chi connectivity index (χ1) is 16.0. The molecule has 2 heterocycles. The lowest BCUT2D eigenvalue weighted by Crippen LogP contribution is -2.48. The summed E-state index contributed by atoms with van der Waals surface area (Å²) in [6.07, 6.45) is 2.79. The quantitative estimate of drug-likeness (QED) is 0.355. The van der Waals surface area contributed by atoms with E-state index in [0.29, 0.717) is 26.3 Å². The molecule has 1 amide bonds. The van der Waals surface area contributed by atoms with Crippen LogP contribution in [0.5, 0.6) is 5.75 Å². The second kappa shape index (κ2) is 12.9. The summed E-state index contributed by atoms with van der Waals surface area (Å²) < 4.78 is 11.6. The molecule has 2 atom stereocenters. The second-order valence-corrected chi connectivity index (χ2v) is 9.44. The molecule has 0 radical (unpaired) electrons. The smallest absolute Gasteiger partial charge is 0.237 e. The van der Waals surface area contributed by atoms with Crippen LogP contribution in [-0.4, -0.2) is 72.9 Å². The van der Waals surface area contributed by atoms with E-state index in [1.807, 2.05) is 41.0 Å². The van der Waals surface area contributed by atoms with E-state index in [-0.39, 0.29) is 25.1 Å². The predicted molar refractivity (Wildman–Crippen MR) is 133 cm³/mol. The molecule has 33 heavy (non-hydrogen) atoms. The Morgan fingerprint density at radius 2 is 2.21 bits per heavy atom. The number of benzene rings is 1. The van der Waals surface area contributed by atoms with Gasteiger partial charge in [-0.15, -0.1) is 17.9 Å². The summed E-state index contributed by atoms with van der Waals surface area (Å²) in [4.78, 5) is 18.8. The Balaban J connectivity index is 1.68. The molecule has 1 N–H and O–H groups in total. The van der Waals surface area contributed by atoms with Crippen molar-refractivity contribution in [3.63, 3.8) is 0 Å². The number of rotatable bonds is 13. The molecule has 0 saturated carbocycles. The maximum Gasteiger partial charge on any atom is 0.237 e. The molecular formula is C26H36N2O4S. The summed E-state index contributed by atoms with van der Waals surface area (Å²) in [5.74, 6) is 0.917. The number of para-hydroxylation sites is 1. The normalized spacial score (nSPS) is 16.5. The van der Waals surface area contributed by atoms with E-state index in [2.05, 4.69) is 24.9 Å². The number of thiophene rings is 1. The van der Waals surface area contributed by atoms with Gasteiger partial charge in [-0.25, -0.2) is 0 Å². The van der Waals surface area contributed by atoms with Crippen molar-refractivity contribution in [2.24, 2.45) is 0 Å². The first-order valence-corrected chi connectivity index (χ1v) is 12.5. The molecule has 1 aliphatic rings. The number of hydrogen-bond acceptors (Lipinski definition) is 6. The van der Waals surface area contributed by atoms with Crippen molar-refractivity contribution >= 4 is 17.2 Å². The third kappa shape index (κ3) is 7.14. The summed E-state index contributed by atoms with van der Waals surface area (Å²) in [6, 6.07) is 9.97. The van der Waals surface area contributed by atoms with Gasteiger partial charge < -0.3 is 19.5 Å². The monoisotopic (exact) mass is 472 g/mol. The van der Waals surface area contributed by atoms with Crippen LogP contribution in [0.25, 0.3) is 0 Å². The van der Waals surface area contributed by atoms with Gasteiger partial charge in [-0.05, 0) is 54.9 Å². The Bertz CT molecular complexity index is 900. The fraction of sp³-hybridized carbons (Fsp3) is 0.500. The SMILES string of the molecule is C=CCOC[C@H](O)CN(CCC)CC(=O)N1CCc2sccc2[C@@H]1COc1ccccc1C. The molecule has 0 aliphatic carbocycles. The van der Waals surface area contributed by atoms with Crippen molar-refractivity contribution in [1.29, 1.82) is 0 Å². The van der Waals surface area contributed by atoms with E-state index in [1.54, 1.807) is 17.4 Å². The third-order valence-corrected chi connectivity index (χ3v) is 6.82. The third-order valence-electron chi connectivity index (χ3n) is 5.82. The summed E-state index contributed by atoms with van der Waals surface area (Å²) in [5, 5.41) is 12.4. The van der Waals surface area contributed by atoms with Crippen molar-refractivity contribution in [2.75, 3.05) is 46.0 Å². The highest BCUT2D eigenvalue weighted by atomic mass is 32.1. The number of aliphatic hydroxyl groups excluding tert-OH is 1. The zero-order valence-corrected chi connectivity index (χ0v) is 20.6. The average Bonchev–Trinajstić information content (AvgIpc) is 3.28. The largest absolute Gasteiger partial charge is 0.491 e. The minimum absolute atomic E-state index is 0.0675. The average molecular weight is 473 g/mol. The van der Waals surface area contributed by atoms with Crippen molar-refractivity contribution in [3.05, 3.63) is 64.4 Å². The van der Waals surface area contributed by atoms with Crippen molar-refractivity contribution in [2.45, 2.75) is 38.8 Å². The molecule has 2 aromatic rings. The van der Waals surface area contributed by atoms with Crippen LogP contribution in [0.15, 0.2) is 48.4 Å². The molecule has 1 aromatic heterocycles. The Labute approximate surface area is 201 Å². The van der Waals surface area contributed by atoms with Gasteiger partial charge in [0.1, 0.15) is 12.4 Å². The lowest BCUT2D eigenvalue weighted by atomic mass is 10.00. The fourth-order valence-corrected chi connectivity index (χ4v) is 5.16. The van der Waals surface area contributed by atoms with E-state index in [0.717, 1.165) is 30.7 Å². The Morgan fingerprint density at radius 3 is 2.97 bits per heavy atom. The van der Waals surface area contributed by atoms with Crippen LogP contribution in [0.3, 0.4) is 0 Å². The number of fused-ring (bicyclic) bond motifs is 1. The zero-order chi connectivity index (χ0) is 23.6. The highest BCUT2D eigenvalue weighted by Crippen LogP contribution is 2.34. The van der Waals surface area contributed by atoms with Crippen molar-refractivity contribution in [1.82, 2.24) is 9.80 Å². The maximum atomic E-state index is 13.5. The van der Waals surface area contributed by atoms with Crippen LogP contribution >= 0.6 is 11.3 Å². The molecule has 7 heteroatoms. The van der Waals surface area contributed by atoms with E-state index in [9.17, 15) is 9.90 Å². The lowest BCUT2D eigenvalue weighted by Gasteiger charge is -2.37. The topological polar surface area (TPSA) is 62.2 Å². The molecule has 1 aliphatic heterocycles. The summed E-state index contributed by atoms with van der Waals surface area (Å²) in [5.41, 5.74) is 2.27. The number of carbonyl (C=O) groups excluding carboxylic acids is 1. The number of carbonyl (C=O) groups is 1. The Kier molecular flexibility index (Phi) is 9.94. The van der Waals surface area contributed by atoms with Gasteiger partial charge in [-0.1, -0.05) is 31.2 Å². The van der Waals surface area contributed by atoms with E-state index in [4.69, 9.17) is 9.47 Å². The fourth-order valence-electron chi connectivity index (χ4n) is 4.23. The first-order valence-electron chi connectivity index (χ1n) is 11.7. The van der Waals surface area contributed by atoms with Crippen LogP contribution in [0.4, 0.5) is 0 Å². The first kappa shape index (κ1) is 25.4. The number of amides is 1. The van der Waals surface area contributed by atoms with Crippen LogP contribution in [0.1, 0.15) is 35.4 Å². The van der Waals surface area contributed by atoms with Gasteiger partial charge in [0.05, 0.1) is 31.9 Å². The molecule has 0 unspecified atom stereocenters. The molecule has 0 fully saturated rings. The molecule has 3 rings (SSSR count). The van der Waals surface area contributed by atoms with Gasteiger partial charge in [-0.3, -0.25) is 9.69 Å². The molecule has 0 bridgehead atoms. The van der Waals surface area contributed by atoms with Gasteiger partial charge in [0.15, 0.2) is 0 Å². The highest BCUT2D eigenvalue weighted by molar-refractivity contribution is 7.10. The zero-order valence-electron chi connectivity index (χ0n) is 19.7. The summed E-state index contributed by atoms with van der Waals surface area (Å²) in [7, 11) is 0. The van der Waals surface area contributed by atoms with Gasteiger partial charge in [0, 0.05) is 18.0 Å². The van der Waals surface area contributed by atoms with Gasteiger partial charge in [-0.2, -0.15) is 0 Å². The summed E-state index contributed by atoms with van der Waals surface area (Å²) in [6.45, 7) is 10.9. The van der Waals surface area contributed by atoms with Crippen LogP contribution < -0.4 is 4.74 Å². The van der Waals surface area contributed by atoms with Crippen molar-refractivity contribution < 1.29 is 19.4 Å². The molecule has 0 spiro atoms. The molecule has 1 aromatic carbocycles. The number of aryl methyl sites for hydroxylation is 1. The number of aliphatic hydroxyl groups is 1. The van der Waals surface area contributed by atoms with Gasteiger partial charge in [0.25, 0.3) is 0 Å². The minimum atomic E-state index is -0.644. The Morgan fingerprint density at radius 1 is 1.39 bits per heavy atom. The van der Waals surface area contributed by atoms with Crippen molar-refractivity contribution in [3.8, 4) is 5.75 Å². The molecule has 180 valence electrons. The molecule has 6 nitrogen and oxygen atoms in total. The maximum absolute atomic E-state index is 13.5. The van der Waals surface area contributed by atoms with Crippen LogP contribution in [0.2, 0.25) is 0 Å². The minimum Gasteiger partial charge on any atom is -0.491 e. The highest BCUT2D eigenvalue weighted by Gasteiger charge is 2.33. The van der Waals surface area contributed by atoms with Gasteiger partial charge >= 0.3 is 0 Å². The lowest BCUT2D eigenvalue weighted by molar-refractivity contribution is -0.136. The van der Waals surface area contributed by atoms with E-state index in [1.165, 1.54) is 10.4 Å². The number of ether oxygens (including phenoxy) is 2. The van der Waals surface area contributed by atoms with E-state index >= 15 is 0 Å². The van der Waals surface area contributed by atoms with E-state index < -0.39 is 6.10 Å². The predicted octanol–water partition coefficient (Wildman–Crippen LogP) is 3.84. The second-order valence-electron chi connectivity index (χ2n) is 8.44. The van der Waals surface area contributed by atoms with Crippen LogP contribution in [0, 0.1) is 6.92 Å². The molecule has 0 saturated heterocycles. The number of nitrogens with zero attached hydrogens (tertiary/aromatic N) is 2. The standard InChI is InChI=1S/C26H36N2O4S/c1-4-12-27(16-21(29)18-31-14-5-2)17-26(30)28-13-10-25-22(11-15-33-25)23(28)19-32-24-9-7-6-8-20(24)3/h5-9,11,15,21,23,29H,2,4,10,12-14,16-19H2,1,3H3/t21-,23+/m1/s1. The number of hydrogen-bond donors (Lipinski definition) is 1. The molecular weight excluding hydrogens is 436 g/mol. The van der Waals surface area contributed by atoms with Gasteiger partial charge in [0.2, 0.25) is 5.91 Å². The summed E-state index contributed by atoms with van der Waals surface area (Å²) >= 11 is 1.75.